The molecule has 3 N–H and O–H groups in total. The van der Waals surface area contributed by atoms with Gasteiger partial charge >= 0.3 is 0 Å². The van der Waals surface area contributed by atoms with E-state index in [1.54, 1.807) is 41.3 Å². The minimum Gasteiger partial charge on any atom is -0.399 e. The van der Waals surface area contributed by atoms with Crippen LogP contribution < -0.4 is 11.1 Å². The summed E-state index contributed by atoms with van der Waals surface area (Å²) in [4.78, 5) is 11.8. The van der Waals surface area contributed by atoms with Gasteiger partial charge in [0.15, 0.2) is 0 Å². The molecule has 5 heteroatoms. The maximum atomic E-state index is 11.8. The van der Waals surface area contributed by atoms with E-state index in [1.165, 1.54) is 0 Å². The largest absolute Gasteiger partial charge is 0.399 e. The number of benzene rings is 1. The predicted molar refractivity (Wildman–Crippen MR) is 66.7 cm³/mol. The van der Waals surface area contributed by atoms with Crippen LogP contribution in [0.15, 0.2) is 36.7 Å². The summed E-state index contributed by atoms with van der Waals surface area (Å²) >= 11 is 0. The highest BCUT2D eigenvalue weighted by Crippen LogP contribution is 2.10. The van der Waals surface area contributed by atoms with E-state index in [0.717, 1.165) is 6.54 Å². The Hall–Kier alpha value is -2.30. The van der Waals surface area contributed by atoms with Gasteiger partial charge in [0.2, 0.25) is 0 Å². The lowest BCUT2D eigenvalue weighted by atomic mass is 10.2. The number of carbonyl (C=O) groups excluding carboxylic acids is 1. The van der Waals surface area contributed by atoms with Crippen molar-refractivity contribution in [3.05, 3.63) is 42.2 Å². The van der Waals surface area contributed by atoms with Crippen LogP contribution in [0.4, 0.5) is 11.4 Å². The van der Waals surface area contributed by atoms with Gasteiger partial charge in [-0.15, -0.1) is 0 Å². The number of nitrogens with one attached hydrogen (secondary N) is 1. The van der Waals surface area contributed by atoms with Crippen LogP contribution in [0.5, 0.6) is 0 Å². The van der Waals surface area contributed by atoms with Crippen LogP contribution in [0.3, 0.4) is 0 Å². The van der Waals surface area contributed by atoms with E-state index >= 15 is 0 Å². The normalized spacial score (nSPS) is 10.2. The van der Waals surface area contributed by atoms with Crippen LogP contribution in [-0.4, -0.2) is 15.7 Å². The summed E-state index contributed by atoms with van der Waals surface area (Å²) in [6, 6.07) is 6.78. The van der Waals surface area contributed by atoms with Crippen LogP contribution in [0.1, 0.15) is 17.3 Å². The Morgan fingerprint density at radius 2 is 2.12 bits per heavy atom. The zero-order valence-electron chi connectivity index (χ0n) is 9.55. The molecule has 88 valence electrons. The molecule has 2 aromatic rings. The first-order chi connectivity index (χ1) is 8.19. The Kier molecular flexibility index (Phi) is 3.09. The number of aryl methyl sites for hydroxylation is 1. The summed E-state index contributed by atoms with van der Waals surface area (Å²) < 4.78 is 1.75. The van der Waals surface area contributed by atoms with Crippen LogP contribution in [-0.2, 0) is 6.54 Å². The van der Waals surface area contributed by atoms with Crippen molar-refractivity contribution in [2.75, 3.05) is 11.1 Å². The van der Waals surface area contributed by atoms with Gasteiger partial charge in [0, 0.05) is 24.0 Å². The van der Waals surface area contributed by atoms with E-state index in [4.69, 9.17) is 5.73 Å². The molecule has 2 rings (SSSR count). The zero-order chi connectivity index (χ0) is 12.3. The van der Waals surface area contributed by atoms with Crippen LogP contribution >= 0.6 is 0 Å². The van der Waals surface area contributed by atoms with E-state index < -0.39 is 0 Å². The number of nitrogens with two attached hydrogens (primary N) is 1. The quantitative estimate of drug-likeness (QED) is 0.789. The predicted octanol–water partition coefficient (Wildman–Crippen LogP) is 1.74. The maximum Gasteiger partial charge on any atom is 0.255 e. The van der Waals surface area contributed by atoms with Crippen molar-refractivity contribution >= 4 is 17.3 Å². The van der Waals surface area contributed by atoms with Crippen molar-refractivity contribution in [1.29, 1.82) is 0 Å². The fourth-order valence-electron chi connectivity index (χ4n) is 1.44. The molecule has 0 saturated heterocycles. The third-order valence-electron chi connectivity index (χ3n) is 2.39. The number of carbonyl (C=O) groups is 1. The monoisotopic (exact) mass is 230 g/mol. The summed E-state index contributed by atoms with van der Waals surface area (Å²) in [5, 5.41) is 6.85. The number of amides is 1. The molecule has 1 aromatic carbocycles. The van der Waals surface area contributed by atoms with Gasteiger partial charge < -0.3 is 11.1 Å². The molecule has 0 atom stereocenters. The molecule has 0 aliphatic carbocycles. The molecule has 1 amide bonds. The number of anilines is 2. The van der Waals surface area contributed by atoms with Gasteiger partial charge in [-0.25, -0.2) is 0 Å². The molecular formula is C12H14N4O. The molecule has 0 radical (unpaired) electrons. The zero-order valence-corrected chi connectivity index (χ0v) is 9.55. The maximum absolute atomic E-state index is 11.8. The second-order valence-corrected chi connectivity index (χ2v) is 3.66. The average molecular weight is 230 g/mol. The molecule has 0 bridgehead atoms. The third-order valence-corrected chi connectivity index (χ3v) is 2.39. The van der Waals surface area contributed by atoms with E-state index in [9.17, 15) is 4.79 Å². The van der Waals surface area contributed by atoms with E-state index in [0.29, 0.717) is 16.9 Å². The van der Waals surface area contributed by atoms with Gasteiger partial charge in [0.25, 0.3) is 5.91 Å². The number of aromatic nitrogens is 2. The number of hydrogen-bond acceptors (Lipinski definition) is 3. The lowest BCUT2D eigenvalue weighted by molar-refractivity contribution is 0.102. The standard InChI is InChI=1S/C12H14N4O/c1-2-16-8-11(7-14-16)15-12(17)9-3-5-10(13)6-4-9/h3-8H,2,13H2,1H3,(H,15,17). The Morgan fingerprint density at radius 1 is 1.41 bits per heavy atom. The highest BCUT2D eigenvalue weighted by Gasteiger charge is 2.06. The number of nitrogens with zero attached hydrogens (tertiary/aromatic N) is 2. The third kappa shape index (κ3) is 2.63. The van der Waals surface area contributed by atoms with Crippen molar-refractivity contribution in [3.8, 4) is 0 Å². The summed E-state index contributed by atoms with van der Waals surface area (Å²) in [5.74, 6) is -0.166. The Bertz CT molecular complexity index is 516. The fraction of sp³-hybridized carbons (Fsp3) is 0.167. The first-order valence-corrected chi connectivity index (χ1v) is 5.38. The Morgan fingerprint density at radius 3 is 2.71 bits per heavy atom. The minimum atomic E-state index is -0.166. The molecule has 0 fully saturated rings. The van der Waals surface area contributed by atoms with Gasteiger partial charge in [0.1, 0.15) is 0 Å². The highest BCUT2D eigenvalue weighted by atomic mass is 16.1. The molecule has 1 aromatic heterocycles. The van der Waals surface area contributed by atoms with Crippen molar-refractivity contribution in [2.24, 2.45) is 0 Å². The van der Waals surface area contributed by atoms with Gasteiger partial charge in [-0.05, 0) is 31.2 Å². The number of hydrogen-bond donors (Lipinski definition) is 2. The second kappa shape index (κ2) is 4.69. The highest BCUT2D eigenvalue weighted by molar-refractivity contribution is 6.04. The average Bonchev–Trinajstić information content (AvgIpc) is 2.77. The van der Waals surface area contributed by atoms with Gasteiger partial charge in [-0.2, -0.15) is 5.10 Å². The van der Waals surface area contributed by atoms with Crippen molar-refractivity contribution in [3.63, 3.8) is 0 Å². The SMILES string of the molecule is CCn1cc(NC(=O)c2ccc(N)cc2)cn1. The fourth-order valence-corrected chi connectivity index (χ4v) is 1.44. The summed E-state index contributed by atoms with van der Waals surface area (Å²) in [5.41, 5.74) is 7.46. The number of nitrogen functional groups attached to an aromatic ring is 1. The first kappa shape index (κ1) is 11.2. The van der Waals surface area contributed by atoms with E-state index in [2.05, 4.69) is 10.4 Å². The molecule has 5 nitrogen and oxygen atoms in total. The summed E-state index contributed by atoms with van der Waals surface area (Å²) in [7, 11) is 0. The molecule has 0 saturated carbocycles. The Labute approximate surface area is 99.2 Å². The molecule has 0 unspecified atom stereocenters. The lowest BCUT2D eigenvalue weighted by Gasteiger charge is -2.02. The Balaban J connectivity index is 2.08. The molecule has 0 spiro atoms. The number of rotatable bonds is 3. The van der Waals surface area contributed by atoms with Crippen molar-refractivity contribution in [2.45, 2.75) is 13.5 Å². The second-order valence-electron chi connectivity index (χ2n) is 3.66. The molecular weight excluding hydrogens is 216 g/mol. The van der Waals surface area contributed by atoms with Crippen molar-refractivity contribution < 1.29 is 4.79 Å². The van der Waals surface area contributed by atoms with Crippen LogP contribution in [0.25, 0.3) is 0 Å². The molecule has 1 heterocycles. The lowest BCUT2D eigenvalue weighted by Crippen LogP contribution is -2.11. The van der Waals surface area contributed by atoms with E-state index in [1.807, 2.05) is 6.92 Å². The van der Waals surface area contributed by atoms with Gasteiger partial charge in [0.05, 0.1) is 11.9 Å². The topological polar surface area (TPSA) is 72.9 Å². The molecule has 17 heavy (non-hydrogen) atoms. The smallest absolute Gasteiger partial charge is 0.255 e. The van der Waals surface area contributed by atoms with E-state index in [-0.39, 0.29) is 5.91 Å². The van der Waals surface area contributed by atoms with Gasteiger partial charge in [-0.1, -0.05) is 0 Å². The van der Waals surface area contributed by atoms with Gasteiger partial charge in [-0.3, -0.25) is 9.48 Å². The molecule has 0 aliphatic heterocycles. The molecule has 0 aliphatic rings. The summed E-state index contributed by atoms with van der Waals surface area (Å²) in [6.45, 7) is 2.76. The minimum absolute atomic E-state index is 0.166. The van der Waals surface area contributed by atoms with Crippen molar-refractivity contribution in [1.82, 2.24) is 9.78 Å². The summed E-state index contributed by atoms with van der Waals surface area (Å²) in [6.07, 6.45) is 3.41. The van der Waals surface area contributed by atoms with Crippen LogP contribution in [0, 0.1) is 0 Å². The van der Waals surface area contributed by atoms with Crippen LogP contribution in [0.2, 0.25) is 0 Å². The first-order valence-electron chi connectivity index (χ1n) is 5.38.